The van der Waals surface area contributed by atoms with Gasteiger partial charge in [0.15, 0.2) is 0 Å². The predicted molar refractivity (Wildman–Crippen MR) is 212 cm³/mol. The van der Waals surface area contributed by atoms with Crippen molar-refractivity contribution in [3.8, 4) is 33.4 Å². The number of rotatable bonds is 5. The average Bonchev–Trinajstić information content (AvgIpc) is 3.16. The summed E-state index contributed by atoms with van der Waals surface area (Å²) in [5.41, 5.74) is 18.1. The molecule has 0 amide bonds. The fourth-order valence-electron chi connectivity index (χ4n) is 8.18. The van der Waals surface area contributed by atoms with E-state index in [0.29, 0.717) is 0 Å². The van der Waals surface area contributed by atoms with Crippen LogP contribution in [0.15, 0.2) is 188 Å². The normalized spacial score (nSPS) is 16.4. The zero-order valence-corrected chi connectivity index (χ0v) is 28.5. The van der Waals surface area contributed by atoms with Gasteiger partial charge in [-0.15, -0.1) is 0 Å². The van der Waals surface area contributed by atoms with Crippen molar-refractivity contribution < 1.29 is 0 Å². The van der Waals surface area contributed by atoms with E-state index < -0.39 is 0 Å². The Morgan fingerprint density at radius 1 is 0.420 bits per heavy atom. The summed E-state index contributed by atoms with van der Waals surface area (Å²) in [7, 11) is 0. The summed E-state index contributed by atoms with van der Waals surface area (Å²) in [5.74, 6) is 0.382. The molecule has 2 aliphatic rings. The maximum Gasteiger partial charge on any atom is 0.0200 e. The van der Waals surface area contributed by atoms with Gasteiger partial charge in [-0.25, -0.2) is 0 Å². The van der Waals surface area contributed by atoms with Crippen LogP contribution >= 0.6 is 0 Å². The molecule has 7 aromatic carbocycles. The fourth-order valence-corrected chi connectivity index (χ4v) is 8.18. The third-order valence-corrected chi connectivity index (χ3v) is 10.5. The van der Waals surface area contributed by atoms with E-state index in [4.69, 9.17) is 0 Å². The first-order valence-electron chi connectivity index (χ1n) is 17.7. The highest BCUT2D eigenvalue weighted by atomic mass is 14.4. The molecule has 0 heterocycles. The van der Waals surface area contributed by atoms with Gasteiger partial charge in [-0.2, -0.15) is 0 Å². The van der Waals surface area contributed by atoms with E-state index in [2.05, 4.69) is 196 Å². The average molecular weight is 639 g/mol. The third kappa shape index (κ3) is 5.44. The first-order valence-corrected chi connectivity index (χ1v) is 17.7. The topological polar surface area (TPSA) is 0 Å². The standard InChI is InChI=1S/C50H38/c1-33-12-10-16-36(26-33)42-30-43(37-17-11-13-34(2)27-37)32-44(31-42)50-47-20-8-6-18-45(47)49(46-19-7-9-21-48(46)50)41-25-24-39-28-38(22-23-40(39)29-41)35-14-4-3-5-15-35/h3-32,47,50H,1-2H3. The number of aryl methyl sites for hydroxylation is 2. The Morgan fingerprint density at radius 2 is 1.02 bits per heavy atom. The van der Waals surface area contributed by atoms with Gasteiger partial charge >= 0.3 is 0 Å². The van der Waals surface area contributed by atoms with Crippen LogP contribution in [-0.4, -0.2) is 0 Å². The molecular formula is C50H38. The van der Waals surface area contributed by atoms with Crippen molar-refractivity contribution in [1.29, 1.82) is 0 Å². The highest BCUT2D eigenvalue weighted by Gasteiger charge is 2.35. The molecule has 50 heavy (non-hydrogen) atoms. The highest BCUT2D eigenvalue weighted by molar-refractivity contribution is 5.95. The van der Waals surface area contributed by atoms with Crippen LogP contribution < -0.4 is 0 Å². The minimum Gasteiger partial charge on any atom is -0.0760 e. The van der Waals surface area contributed by atoms with Crippen molar-refractivity contribution in [1.82, 2.24) is 0 Å². The van der Waals surface area contributed by atoms with E-state index >= 15 is 0 Å². The molecule has 0 bridgehead atoms. The molecule has 238 valence electrons. The molecule has 0 nitrogen and oxygen atoms in total. The fraction of sp³-hybridized carbons (Fsp3) is 0.0800. The predicted octanol–water partition coefficient (Wildman–Crippen LogP) is 13.1. The molecule has 0 fully saturated rings. The molecule has 2 unspecified atom stereocenters. The van der Waals surface area contributed by atoms with Gasteiger partial charge in [0.05, 0.1) is 0 Å². The summed E-state index contributed by atoms with van der Waals surface area (Å²) in [5, 5.41) is 2.52. The second-order valence-electron chi connectivity index (χ2n) is 13.9. The lowest BCUT2D eigenvalue weighted by Gasteiger charge is -2.37. The van der Waals surface area contributed by atoms with Gasteiger partial charge < -0.3 is 0 Å². The summed E-state index contributed by atoms with van der Waals surface area (Å²) in [4.78, 5) is 0. The molecule has 0 N–H and O–H groups in total. The molecule has 2 atom stereocenters. The number of hydrogen-bond donors (Lipinski definition) is 0. The minimum atomic E-state index is 0.174. The van der Waals surface area contributed by atoms with Gasteiger partial charge in [0.2, 0.25) is 0 Å². The van der Waals surface area contributed by atoms with Gasteiger partial charge in [0.25, 0.3) is 0 Å². The zero-order chi connectivity index (χ0) is 33.6. The molecule has 7 aromatic rings. The molecule has 0 aromatic heterocycles. The molecule has 9 rings (SSSR count). The van der Waals surface area contributed by atoms with Crippen LogP contribution in [0.4, 0.5) is 0 Å². The van der Waals surface area contributed by atoms with Crippen molar-refractivity contribution in [2.75, 3.05) is 0 Å². The summed E-state index contributed by atoms with van der Waals surface area (Å²) in [6, 6.07) is 58.7. The summed E-state index contributed by atoms with van der Waals surface area (Å²) in [6.45, 7) is 4.36. The largest absolute Gasteiger partial charge is 0.0760 e. The summed E-state index contributed by atoms with van der Waals surface area (Å²) >= 11 is 0. The Kier molecular flexibility index (Phi) is 7.51. The number of fused-ring (bicyclic) bond motifs is 3. The van der Waals surface area contributed by atoms with Gasteiger partial charge in [0.1, 0.15) is 0 Å². The Morgan fingerprint density at radius 3 is 1.72 bits per heavy atom. The van der Waals surface area contributed by atoms with Gasteiger partial charge in [0, 0.05) is 11.8 Å². The van der Waals surface area contributed by atoms with E-state index in [9.17, 15) is 0 Å². The van der Waals surface area contributed by atoms with Crippen LogP contribution in [0.5, 0.6) is 0 Å². The second kappa shape index (κ2) is 12.5. The van der Waals surface area contributed by atoms with Gasteiger partial charge in [-0.05, 0) is 110 Å². The van der Waals surface area contributed by atoms with E-state index in [0.717, 1.165) is 0 Å². The first kappa shape index (κ1) is 30.1. The van der Waals surface area contributed by atoms with Crippen LogP contribution in [0.25, 0.3) is 49.7 Å². The SMILES string of the molecule is Cc1cccc(-c2cc(-c3cccc(C)c3)cc(C3c4ccccc4C(c4ccc5cc(-c6ccccc6)ccc5c4)=C4C=CC=CC43)c2)c1. The Labute approximate surface area is 295 Å². The van der Waals surface area contributed by atoms with Crippen molar-refractivity contribution in [3.63, 3.8) is 0 Å². The van der Waals surface area contributed by atoms with Crippen LogP contribution in [-0.2, 0) is 0 Å². The van der Waals surface area contributed by atoms with E-state index in [1.807, 2.05) is 0 Å². The van der Waals surface area contributed by atoms with Gasteiger partial charge in [-0.1, -0.05) is 175 Å². The smallest absolute Gasteiger partial charge is 0.0200 e. The number of allylic oxidation sites excluding steroid dienone is 5. The summed E-state index contributed by atoms with van der Waals surface area (Å²) in [6.07, 6.45) is 9.24. The van der Waals surface area contributed by atoms with Crippen molar-refractivity contribution >= 4 is 16.3 Å². The van der Waals surface area contributed by atoms with E-state index in [1.54, 1.807) is 0 Å². The van der Waals surface area contributed by atoms with Gasteiger partial charge in [-0.3, -0.25) is 0 Å². The lowest BCUT2D eigenvalue weighted by atomic mass is 9.66. The number of hydrogen-bond acceptors (Lipinski definition) is 0. The highest BCUT2D eigenvalue weighted by Crippen LogP contribution is 2.51. The Balaban J connectivity index is 1.21. The van der Waals surface area contributed by atoms with Crippen molar-refractivity contribution in [2.24, 2.45) is 5.92 Å². The minimum absolute atomic E-state index is 0.174. The molecule has 0 heteroatoms. The lowest BCUT2D eigenvalue weighted by Crippen LogP contribution is -2.23. The van der Waals surface area contributed by atoms with Crippen LogP contribution in [0.1, 0.15) is 39.3 Å². The Bertz CT molecular complexity index is 2440. The van der Waals surface area contributed by atoms with E-state index in [-0.39, 0.29) is 11.8 Å². The van der Waals surface area contributed by atoms with Crippen molar-refractivity contribution in [3.05, 3.63) is 221 Å². The quantitative estimate of drug-likeness (QED) is 0.176. The number of benzene rings is 7. The maximum absolute atomic E-state index is 2.45. The molecule has 0 aliphatic heterocycles. The zero-order valence-electron chi connectivity index (χ0n) is 28.5. The van der Waals surface area contributed by atoms with Crippen LogP contribution in [0.3, 0.4) is 0 Å². The molecule has 0 saturated heterocycles. The second-order valence-corrected chi connectivity index (χ2v) is 13.9. The van der Waals surface area contributed by atoms with E-state index in [1.165, 1.54) is 88.7 Å². The molecule has 0 spiro atoms. The monoisotopic (exact) mass is 638 g/mol. The molecule has 2 aliphatic carbocycles. The van der Waals surface area contributed by atoms with Crippen molar-refractivity contribution in [2.45, 2.75) is 19.8 Å². The maximum atomic E-state index is 2.45. The molecular weight excluding hydrogens is 601 g/mol. The first-order chi connectivity index (χ1) is 24.6. The molecule has 0 saturated carbocycles. The summed E-state index contributed by atoms with van der Waals surface area (Å²) < 4.78 is 0. The Hall–Kier alpha value is -5.98. The molecule has 0 radical (unpaired) electrons. The third-order valence-electron chi connectivity index (χ3n) is 10.5. The lowest BCUT2D eigenvalue weighted by molar-refractivity contribution is 0.649. The van der Waals surface area contributed by atoms with Crippen LogP contribution in [0.2, 0.25) is 0 Å². The van der Waals surface area contributed by atoms with Crippen LogP contribution in [0, 0.1) is 19.8 Å².